The molecule has 0 bridgehead atoms. The number of benzene rings is 1. The lowest BCUT2D eigenvalue weighted by atomic mass is 10.3. The summed E-state index contributed by atoms with van der Waals surface area (Å²) in [7, 11) is -3.74. The molecule has 0 saturated heterocycles. The summed E-state index contributed by atoms with van der Waals surface area (Å²) in [6.07, 6.45) is 0. The zero-order valence-electron chi connectivity index (χ0n) is 7.67. The number of nitrogens with one attached hydrogen (secondary N) is 1. The van der Waals surface area contributed by atoms with E-state index in [-0.39, 0.29) is 15.7 Å². The highest BCUT2D eigenvalue weighted by Gasteiger charge is 2.15. The van der Waals surface area contributed by atoms with Gasteiger partial charge in [0.05, 0.1) is 21.8 Å². The number of nitrogens with zero attached hydrogens (tertiary/aromatic N) is 1. The third kappa shape index (κ3) is 3.52. The Kier molecular flexibility index (Phi) is 4.44. The quantitative estimate of drug-likeness (QED) is 0.916. The van der Waals surface area contributed by atoms with Gasteiger partial charge in [0.1, 0.15) is 0 Å². The molecule has 0 saturated carbocycles. The summed E-state index contributed by atoms with van der Waals surface area (Å²) in [5.41, 5.74) is 0.0711. The summed E-state index contributed by atoms with van der Waals surface area (Å²) in [5.74, 6) is -0.657. The van der Waals surface area contributed by atoms with Crippen molar-refractivity contribution in [3.8, 4) is 6.07 Å². The van der Waals surface area contributed by atoms with Crippen molar-refractivity contribution in [3.63, 3.8) is 0 Å². The lowest BCUT2D eigenvalue weighted by Crippen LogP contribution is -2.16. The summed E-state index contributed by atoms with van der Waals surface area (Å²) in [4.78, 5) is 0. The van der Waals surface area contributed by atoms with E-state index < -0.39 is 15.8 Å². The lowest BCUT2D eigenvalue weighted by Gasteiger charge is -2.09. The van der Waals surface area contributed by atoms with E-state index in [1.54, 1.807) is 0 Å². The average molecular weight is 344 g/mol. The van der Waals surface area contributed by atoms with Crippen LogP contribution in [0.3, 0.4) is 0 Å². The zero-order chi connectivity index (χ0) is 12.3. The second kappa shape index (κ2) is 5.23. The normalized spacial score (nSPS) is 10.9. The number of nitriles is 1. The van der Waals surface area contributed by atoms with Crippen molar-refractivity contribution < 1.29 is 8.42 Å². The van der Waals surface area contributed by atoms with Gasteiger partial charge in [0.15, 0.2) is 5.75 Å². The Balaban J connectivity index is 3.13. The average Bonchev–Trinajstić information content (AvgIpc) is 2.11. The van der Waals surface area contributed by atoms with Crippen molar-refractivity contribution in [2.24, 2.45) is 0 Å². The molecule has 86 valence electrons. The second-order valence-corrected chi connectivity index (χ2v) is 6.22. The molecule has 0 heterocycles. The number of sulfonamides is 1. The molecule has 4 nitrogen and oxygen atoms in total. The maximum absolute atomic E-state index is 11.3. The summed E-state index contributed by atoms with van der Waals surface area (Å²) >= 11 is 14.8. The molecule has 0 spiro atoms. The highest BCUT2D eigenvalue weighted by atomic mass is 79.9. The second-order valence-electron chi connectivity index (χ2n) is 2.76. The monoisotopic (exact) mass is 342 g/mol. The summed E-state index contributed by atoms with van der Waals surface area (Å²) in [6.45, 7) is 0. The number of hydrogen-bond donors (Lipinski definition) is 1. The van der Waals surface area contributed by atoms with E-state index in [0.29, 0.717) is 4.47 Å². The zero-order valence-corrected chi connectivity index (χ0v) is 11.6. The van der Waals surface area contributed by atoms with Crippen LogP contribution in [0.5, 0.6) is 0 Å². The minimum Gasteiger partial charge on any atom is -0.280 e. The van der Waals surface area contributed by atoms with Crippen LogP contribution < -0.4 is 4.72 Å². The number of halogens is 3. The van der Waals surface area contributed by atoms with Crippen molar-refractivity contribution in [3.05, 3.63) is 26.7 Å². The van der Waals surface area contributed by atoms with Gasteiger partial charge in [-0.25, -0.2) is 8.42 Å². The molecule has 1 aromatic carbocycles. The molecule has 0 aliphatic heterocycles. The van der Waals surface area contributed by atoms with Crippen LogP contribution in [0.4, 0.5) is 5.69 Å². The Hall–Kier alpha value is -0.480. The van der Waals surface area contributed by atoms with Gasteiger partial charge in [-0.3, -0.25) is 4.72 Å². The smallest absolute Gasteiger partial charge is 0.246 e. The fourth-order valence-electron chi connectivity index (χ4n) is 0.916. The summed E-state index contributed by atoms with van der Waals surface area (Å²) in [6, 6.07) is 4.53. The molecular formula is C8H5BrCl2N2O2S. The van der Waals surface area contributed by atoms with Crippen LogP contribution in [0.25, 0.3) is 0 Å². The molecule has 0 aliphatic carbocycles. The first-order chi connectivity index (χ1) is 7.35. The highest BCUT2D eigenvalue weighted by molar-refractivity contribution is 9.10. The molecule has 0 radical (unpaired) electrons. The fraction of sp³-hybridized carbons (Fsp3) is 0.125. The third-order valence-electron chi connectivity index (χ3n) is 1.52. The summed E-state index contributed by atoms with van der Waals surface area (Å²) < 4.78 is 25.4. The van der Waals surface area contributed by atoms with E-state index >= 15 is 0 Å². The van der Waals surface area contributed by atoms with Gasteiger partial charge in [0, 0.05) is 4.47 Å². The largest absolute Gasteiger partial charge is 0.280 e. The molecule has 16 heavy (non-hydrogen) atoms. The molecule has 0 atom stereocenters. The lowest BCUT2D eigenvalue weighted by molar-refractivity contribution is 0.604. The van der Waals surface area contributed by atoms with Crippen LogP contribution in [0.1, 0.15) is 0 Å². The molecular weight excluding hydrogens is 339 g/mol. The summed E-state index contributed by atoms with van der Waals surface area (Å²) in [5, 5.41) is 8.63. The van der Waals surface area contributed by atoms with Crippen LogP contribution in [0, 0.1) is 11.3 Å². The topological polar surface area (TPSA) is 70.0 Å². The van der Waals surface area contributed by atoms with Gasteiger partial charge in [-0.15, -0.1) is 0 Å². The van der Waals surface area contributed by atoms with Crippen LogP contribution in [0.2, 0.25) is 10.0 Å². The molecule has 1 N–H and O–H groups in total. The van der Waals surface area contributed by atoms with E-state index in [4.69, 9.17) is 28.5 Å². The molecule has 0 aliphatic rings. The molecule has 1 aromatic rings. The van der Waals surface area contributed by atoms with Crippen molar-refractivity contribution in [2.45, 2.75) is 0 Å². The molecule has 0 amide bonds. The number of anilines is 1. The minimum atomic E-state index is -3.74. The standard InChI is InChI=1S/C8H5BrCl2N2O2S/c9-5-3-6(10)8(7(11)4-5)13-16(14,15)2-1-12/h3-4,13H,2H2. The predicted molar refractivity (Wildman–Crippen MR) is 67.2 cm³/mol. The fourth-order valence-corrected chi connectivity index (χ4v) is 3.10. The van der Waals surface area contributed by atoms with E-state index in [1.807, 2.05) is 0 Å². The Bertz CT molecular complexity index is 531. The van der Waals surface area contributed by atoms with E-state index in [2.05, 4.69) is 20.7 Å². The van der Waals surface area contributed by atoms with Crippen LogP contribution in [0.15, 0.2) is 16.6 Å². The van der Waals surface area contributed by atoms with Gasteiger partial charge >= 0.3 is 0 Å². The molecule has 0 aromatic heterocycles. The predicted octanol–water partition coefficient (Wildman–Crippen LogP) is 3.02. The third-order valence-corrected chi connectivity index (χ3v) is 3.60. The minimum absolute atomic E-state index is 0.0711. The van der Waals surface area contributed by atoms with Crippen LogP contribution in [-0.2, 0) is 10.0 Å². The van der Waals surface area contributed by atoms with E-state index in [9.17, 15) is 8.42 Å². The Labute approximate surface area is 111 Å². The first kappa shape index (κ1) is 13.6. The van der Waals surface area contributed by atoms with Crippen molar-refractivity contribution in [2.75, 3.05) is 10.5 Å². The molecule has 0 unspecified atom stereocenters. The van der Waals surface area contributed by atoms with Crippen LogP contribution >= 0.6 is 39.1 Å². The molecule has 0 fully saturated rings. The highest BCUT2D eigenvalue weighted by Crippen LogP contribution is 2.34. The number of rotatable bonds is 3. The van der Waals surface area contributed by atoms with Gasteiger partial charge < -0.3 is 0 Å². The van der Waals surface area contributed by atoms with Crippen molar-refractivity contribution in [1.29, 1.82) is 5.26 Å². The maximum Gasteiger partial charge on any atom is 0.246 e. The van der Waals surface area contributed by atoms with Gasteiger partial charge in [-0.1, -0.05) is 39.1 Å². The molecule has 8 heteroatoms. The van der Waals surface area contributed by atoms with Gasteiger partial charge in [-0.05, 0) is 12.1 Å². The van der Waals surface area contributed by atoms with Gasteiger partial charge in [-0.2, -0.15) is 5.26 Å². The van der Waals surface area contributed by atoms with E-state index in [1.165, 1.54) is 18.2 Å². The number of hydrogen-bond acceptors (Lipinski definition) is 3. The van der Waals surface area contributed by atoms with E-state index in [0.717, 1.165) is 0 Å². The first-order valence-corrected chi connectivity index (χ1v) is 7.08. The van der Waals surface area contributed by atoms with Crippen molar-refractivity contribution in [1.82, 2.24) is 0 Å². The first-order valence-electron chi connectivity index (χ1n) is 3.87. The van der Waals surface area contributed by atoms with Crippen molar-refractivity contribution >= 4 is 54.8 Å². The van der Waals surface area contributed by atoms with Crippen LogP contribution in [-0.4, -0.2) is 14.2 Å². The Morgan fingerprint density at radius 1 is 1.38 bits per heavy atom. The van der Waals surface area contributed by atoms with Gasteiger partial charge in [0.25, 0.3) is 0 Å². The Morgan fingerprint density at radius 2 is 1.88 bits per heavy atom. The Morgan fingerprint density at radius 3 is 2.31 bits per heavy atom. The maximum atomic E-state index is 11.3. The SMILES string of the molecule is N#CCS(=O)(=O)Nc1c(Cl)cc(Br)cc1Cl. The van der Waals surface area contributed by atoms with Gasteiger partial charge in [0.2, 0.25) is 10.0 Å². The molecule has 1 rings (SSSR count).